The predicted octanol–water partition coefficient (Wildman–Crippen LogP) is 12.3. The van der Waals surface area contributed by atoms with Crippen LogP contribution in [0.2, 0.25) is 0 Å². The second kappa shape index (κ2) is 25.1. The van der Waals surface area contributed by atoms with Crippen LogP contribution >= 0.6 is 68.9 Å². The van der Waals surface area contributed by atoms with E-state index in [0.29, 0.717) is 22.3 Å². The quantitative estimate of drug-likeness (QED) is 0.0376. The van der Waals surface area contributed by atoms with Gasteiger partial charge in [-0.3, -0.25) is 19.4 Å². The molecule has 2 amide bonds. The van der Waals surface area contributed by atoms with Gasteiger partial charge in [-0.15, -0.1) is 45.3 Å². The summed E-state index contributed by atoms with van der Waals surface area (Å²) in [4.78, 5) is 104. The van der Waals surface area contributed by atoms with E-state index in [1.165, 1.54) is 21.9 Å². The number of hydrogen-bond donors (Lipinski definition) is 0. The number of rotatable bonds is 16. The van der Waals surface area contributed by atoms with Gasteiger partial charge in [0.25, 0.3) is 11.8 Å². The van der Waals surface area contributed by atoms with Crippen LogP contribution in [0, 0.1) is 45.3 Å². The van der Waals surface area contributed by atoms with Crippen molar-refractivity contribution < 1.29 is 57.2 Å². The molecule has 0 N–H and O–H groups in total. The van der Waals surface area contributed by atoms with Crippen molar-refractivity contribution in [2.24, 2.45) is 9.98 Å². The molecule has 0 spiro atoms. The van der Waals surface area contributed by atoms with E-state index in [0.717, 1.165) is 68.9 Å². The maximum Gasteiger partial charge on any atom is 0.367 e. The van der Waals surface area contributed by atoms with Crippen molar-refractivity contribution in [3.8, 4) is 55.3 Å². The molecule has 0 unspecified atom stereocenters. The summed E-state index contributed by atoms with van der Waals surface area (Å²) in [6.45, 7) is 2.15. The Labute approximate surface area is 536 Å². The summed E-state index contributed by atoms with van der Waals surface area (Å²) in [5.41, 5.74) is -4.32. The van der Waals surface area contributed by atoms with E-state index < -0.39 is 46.9 Å². The van der Waals surface area contributed by atoms with Gasteiger partial charge in [-0.2, -0.15) is 21.0 Å². The molecule has 0 bridgehead atoms. The first-order valence-electron chi connectivity index (χ1n) is 27.2. The van der Waals surface area contributed by atoms with Crippen molar-refractivity contribution in [3.05, 3.63) is 188 Å². The van der Waals surface area contributed by atoms with Crippen molar-refractivity contribution in [2.45, 2.75) is 51.5 Å². The lowest BCUT2D eigenvalue weighted by molar-refractivity contribution is -0.184. The van der Waals surface area contributed by atoms with Gasteiger partial charge in [-0.1, -0.05) is 121 Å². The molecule has 20 nitrogen and oxygen atoms in total. The Balaban J connectivity index is 1.12. The highest BCUT2D eigenvalue weighted by Crippen LogP contribution is 2.65. The summed E-state index contributed by atoms with van der Waals surface area (Å²) in [6.07, 6.45) is 0. The summed E-state index contributed by atoms with van der Waals surface area (Å²) >= 11 is 5.60. The number of benzene rings is 4. The zero-order chi connectivity index (χ0) is 62.8. The van der Waals surface area contributed by atoms with Gasteiger partial charge < -0.3 is 28.4 Å². The fourth-order valence-corrected chi connectivity index (χ4v) is 17.5. The second-order valence-corrected chi connectivity index (χ2v) is 25.6. The minimum absolute atomic E-state index is 0.0803. The maximum atomic E-state index is 15.8. The van der Waals surface area contributed by atoms with Gasteiger partial charge in [-0.25, -0.2) is 29.2 Å². The molecule has 4 aromatic heterocycles. The van der Waals surface area contributed by atoms with Crippen molar-refractivity contribution in [2.75, 3.05) is 13.1 Å². The van der Waals surface area contributed by atoms with Crippen molar-refractivity contribution in [3.63, 3.8) is 0 Å². The van der Waals surface area contributed by atoms with Crippen LogP contribution in [0.15, 0.2) is 165 Å². The first-order chi connectivity index (χ1) is 43.8. The first-order valence-corrected chi connectivity index (χ1v) is 32.1. The highest BCUT2D eigenvalue weighted by Gasteiger charge is 2.64. The number of allylic oxidation sites excluding steroid dienone is 2. The van der Waals surface area contributed by atoms with Crippen LogP contribution in [-0.4, -0.2) is 68.7 Å². The zero-order valence-electron chi connectivity index (χ0n) is 46.9. The van der Waals surface area contributed by atoms with E-state index in [9.17, 15) is 30.6 Å². The number of thiophene rings is 4. The SMILES string of the molecule is CCN1C(=O)C(=Nc2cc3c(s2)-c2sc4c5c(sc4c2C(C(=O)OCc2ccccc2)(C(=O)OCc2ccccc2)O3)-c2sc(N=C3SC(=C(C#N)C#N)N(CC)C3=O)cc2OC5(C(=O)OCc2ccccc2)C(=O)OCc2ccccc2)SC1=C(C#N)C#N. The predicted molar refractivity (Wildman–Crippen MR) is 337 cm³/mol. The molecular formula is C64H40N8O12S6. The molecule has 2 saturated heterocycles. The number of fused-ring (bicyclic) bond motifs is 9. The third-order valence-corrected chi connectivity index (χ3v) is 21.2. The van der Waals surface area contributed by atoms with Crippen molar-refractivity contribution in [1.82, 2.24) is 9.80 Å². The Morgan fingerprint density at radius 1 is 0.467 bits per heavy atom. The Bertz CT molecular complexity index is 4190. The standard InChI is InChI=1S/C64H40N8O12S6/c1-3-71-55(73)53(89-57(71)39(27-65)28-66)69-43-25-41-47(85-43)49-45(63(83-41,59(75)79-31-35-17-9-5-10-18-35)60(76)80-32-36-19-11-6-12-20-36)51-52(87-49)46-50(88-51)48-42(26-44(86-48)70-54-56(74)72(4-2)58(90-54)40(29-67)30-68)84-64(46,61(77)81-33-37-21-13-7-14-22-37)62(78)82-34-38-23-15-8-16-24-38/h5-26H,3-4,31-34H2,1-2H3. The minimum atomic E-state index is -2.85. The van der Waals surface area contributed by atoms with Gasteiger partial charge in [-0.05, 0) is 59.6 Å². The average Bonchev–Trinajstić information content (AvgIpc) is 1.52. The molecule has 8 aromatic rings. The van der Waals surface area contributed by atoms with Crippen LogP contribution in [0.4, 0.5) is 10.0 Å². The Morgan fingerprint density at radius 3 is 1.04 bits per heavy atom. The number of esters is 4. The maximum absolute atomic E-state index is 15.8. The summed E-state index contributed by atoms with van der Waals surface area (Å²) in [6, 6.07) is 45.0. The van der Waals surface area contributed by atoms with Crippen LogP contribution in [0.1, 0.15) is 47.2 Å². The largest absolute Gasteiger partial charge is 0.458 e. The summed E-state index contributed by atoms with van der Waals surface area (Å²) in [5, 5.41) is 39.5. The third kappa shape index (κ3) is 10.6. The van der Waals surface area contributed by atoms with Crippen LogP contribution in [0.5, 0.6) is 11.5 Å². The molecule has 4 aliphatic rings. The number of nitriles is 4. The van der Waals surface area contributed by atoms with E-state index >= 15 is 19.2 Å². The van der Waals surface area contributed by atoms with E-state index in [-0.39, 0.29) is 132 Å². The molecule has 12 rings (SSSR count). The second-order valence-electron chi connectivity index (χ2n) is 19.6. The number of hydrogen-bond acceptors (Lipinski definition) is 24. The van der Waals surface area contributed by atoms with Gasteiger partial charge in [0, 0.05) is 25.2 Å². The molecule has 8 heterocycles. The lowest BCUT2D eigenvalue weighted by Crippen LogP contribution is -2.52. The van der Waals surface area contributed by atoms with Gasteiger partial charge in [0.05, 0.1) is 40.0 Å². The number of aliphatic imine (C=N–C) groups is 2. The third-order valence-electron chi connectivity index (χ3n) is 14.2. The topological polar surface area (TPSA) is 284 Å². The lowest BCUT2D eigenvalue weighted by atomic mass is 9.88. The summed E-state index contributed by atoms with van der Waals surface area (Å²) in [7, 11) is 0. The summed E-state index contributed by atoms with van der Waals surface area (Å²) in [5.74, 6) is -6.23. The van der Waals surface area contributed by atoms with Gasteiger partial charge in [0.2, 0.25) is 0 Å². The number of amides is 2. The van der Waals surface area contributed by atoms with Gasteiger partial charge in [0.1, 0.15) is 82.3 Å². The molecular weight excluding hydrogens is 1270 g/mol. The molecule has 2 fully saturated rings. The van der Waals surface area contributed by atoms with Gasteiger partial charge in [0.15, 0.2) is 21.2 Å². The lowest BCUT2D eigenvalue weighted by Gasteiger charge is -2.33. The molecule has 0 atom stereocenters. The molecule has 0 saturated carbocycles. The number of nitrogens with zero attached hydrogens (tertiary/aromatic N) is 8. The number of carbonyl (C=O) groups excluding carboxylic acids is 6. The van der Waals surface area contributed by atoms with E-state index in [4.69, 9.17) is 38.4 Å². The van der Waals surface area contributed by atoms with Crippen molar-refractivity contribution >= 4 is 134 Å². The Kier molecular flexibility index (Phi) is 16.8. The molecule has 26 heteroatoms. The fraction of sp³-hybridized carbons (Fsp3) is 0.156. The average molecular weight is 1310 g/mol. The Hall–Kier alpha value is -10.2. The smallest absolute Gasteiger partial charge is 0.367 e. The molecule has 0 aliphatic carbocycles. The number of ether oxygens (including phenoxy) is 6. The van der Waals surface area contributed by atoms with E-state index in [1.54, 1.807) is 135 Å². The monoisotopic (exact) mass is 1300 g/mol. The number of thioether (sulfide) groups is 2. The minimum Gasteiger partial charge on any atom is -0.458 e. The molecule has 4 aromatic carbocycles. The van der Waals surface area contributed by atoms with Gasteiger partial charge >= 0.3 is 35.1 Å². The van der Waals surface area contributed by atoms with Crippen molar-refractivity contribution in [1.29, 1.82) is 21.0 Å². The van der Waals surface area contributed by atoms with Crippen LogP contribution in [0.3, 0.4) is 0 Å². The van der Waals surface area contributed by atoms with Crippen LogP contribution in [0.25, 0.3) is 28.9 Å². The molecule has 0 radical (unpaired) electrons. The molecule has 90 heavy (non-hydrogen) atoms. The molecule has 4 aliphatic heterocycles. The number of carbonyl (C=O) groups is 6. The Morgan fingerprint density at radius 2 is 0.767 bits per heavy atom. The highest BCUT2D eigenvalue weighted by atomic mass is 32.2. The normalized spacial score (nSPS) is 15.7. The summed E-state index contributed by atoms with van der Waals surface area (Å²) < 4.78 is 38.6. The highest BCUT2D eigenvalue weighted by molar-refractivity contribution is 8.20. The molecule has 444 valence electrons. The zero-order valence-corrected chi connectivity index (χ0v) is 51.8. The van der Waals surface area contributed by atoms with Crippen LogP contribution in [-0.2, 0) is 85.3 Å². The van der Waals surface area contributed by atoms with E-state index in [1.807, 2.05) is 24.3 Å². The fourth-order valence-electron chi connectivity index (χ4n) is 9.99. The first kappa shape index (κ1) is 60.1. The van der Waals surface area contributed by atoms with E-state index in [2.05, 4.69) is 0 Å². The van der Waals surface area contributed by atoms with Crippen LogP contribution < -0.4 is 9.47 Å².